The Morgan fingerprint density at radius 3 is 2.68 bits per heavy atom. The van der Waals surface area contributed by atoms with E-state index in [0.29, 0.717) is 33.3 Å². The number of hydrogen-bond acceptors (Lipinski definition) is 6. The van der Waals surface area contributed by atoms with Gasteiger partial charge in [-0.1, -0.05) is 29.8 Å². The van der Waals surface area contributed by atoms with Crippen molar-refractivity contribution in [1.82, 2.24) is 4.90 Å². The molecule has 0 aliphatic rings. The lowest BCUT2D eigenvalue weighted by molar-refractivity contribution is -0.117. The summed E-state index contributed by atoms with van der Waals surface area (Å²) in [5.74, 6) is -0.00939. The molecule has 0 aliphatic carbocycles. The average Bonchev–Trinajstić information content (AvgIpc) is 3.31. The molecule has 146 valence electrons. The minimum absolute atomic E-state index is 0.140. The number of anilines is 1. The number of likely N-dealkylation sites (N-methyl/N-ethyl adjacent to an activating group) is 1. The van der Waals surface area contributed by atoms with E-state index in [1.807, 2.05) is 36.2 Å². The summed E-state index contributed by atoms with van der Waals surface area (Å²) < 4.78 is 10.2. The highest BCUT2D eigenvalue weighted by Crippen LogP contribution is 2.39. The molecule has 2 heterocycles. The van der Waals surface area contributed by atoms with Crippen molar-refractivity contribution >= 4 is 39.8 Å². The quantitative estimate of drug-likeness (QED) is 0.571. The molecule has 6 nitrogen and oxygen atoms in total. The highest BCUT2D eigenvalue weighted by molar-refractivity contribution is 7.15. The van der Waals surface area contributed by atoms with Crippen LogP contribution in [0.25, 0.3) is 11.1 Å². The van der Waals surface area contributed by atoms with Crippen LogP contribution in [0.4, 0.5) is 5.00 Å². The van der Waals surface area contributed by atoms with Crippen molar-refractivity contribution in [3.8, 4) is 11.1 Å². The fourth-order valence-electron chi connectivity index (χ4n) is 2.77. The third-order valence-electron chi connectivity index (χ3n) is 4.02. The van der Waals surface area contributed by atoms with Gasteiger partial charge >= 0.3 is 5.97 Å². The van der Waals surface area contributed by atoms with E-state index in [2.05, 4.69) is 5.32 Å². The van der Waals surface area contributed by atoms with Crippen molar-refractivity contribution in [2.75, 3.05) is 26.0 Å². The number of methoxy groups -OCH3 is 1. The van der Waals surface area contributed by atoms with E-state index < -0.39 is 5.97 Å². The molecular formula is C20H19ClN2O4S. The molecule has 1 amide bonds. The van der Waals surface area contributed by atoms with Crippen LogP contribution < -0.4 is 5.32 Å². The first-order chi connectivity index (χ1) is 13.5. The zero-order valence-corrected chi connectivity index (χ0v) is 17.0. The third-order valence-corrected chi connectivity index (χ3v) is 5.24. The number of hydrogen-bond donors (Lipinski definition) is 1. The molecule has 0 fully saturated rings. The summed E-state index contributed by atoms with van der Waals surface area (Å²) in [5, 5.41) is 5.54. The molecule has 0 atom stereocenters. The SMILES string of the molecule is COC(=O)c1c(-c2ccccc2Cl)csc1NC(=O)CN(C)Cc1ccco1. The summed E-state index contributed by atoms with van der Waals surface area (Å²) in [6.07, 6.45) is 1.59. The fourth-order valence-corrected chi connectivity index (χ4v) is 3.97. The standard InChI is InChI=1S/C20H19ClN2O4S/c1-23(10-13-6-5-9-27-13)11-17(24)22-19-18(20(25)26-2)15(12-28-19)14-7-3-4-8-16(14)21/h3-9,12H,10-11H2,1-2H3,(H,22,24). The molecule has 8 heteroatoms. The van der Waals surface area contributed by atoms with Gasteiger partial charge in [0.25, 0.3) is 0 Å². The Bertz CT molecular complexity index is 969. The summed E-state index contributed by atoms with van der Waals surface area (Å²) in [5.41, 5.74) is 1.63. The molecule has 0 bridgehead atoms. The Balaban J connectivity index is 1.79. The van der Waals surface area contributed by atoms with Gasteiger partial charge in [0.2, 0.25) is 5.91 Å². The lowest BCUT2D eigenvalue weighted by atomic mass is 10.0. The average molecular weight is 419 g/mol. The Hall–Kier alpha value is -2.61. The number of carbonyl (C=O) groups is 2. The zero-order valence-electron chi connectivity index (χ0n) is 15.4. The lowest BCUT2D eigenvalue weighted by Gasteiger charge is -2.15. The molecule has 2 aromatic heterocycles. The summed E-state index contributed by atoms with van der Waals surface area (Å²) in [4.78, 5) is 26.7. The van der Waals surface area contributed by atoms with E-state index >= 15 is 0 Å². The van der Waals surface area contributed by atoms with E-state index in [0.717, 1.165) is 5.76 Å². The molecule has 0 radical (unpaired) electrons. The number of benzene rings is 1. The fraction of sp³-hybridized carbons (Fsp3) is 0.200. The number of esters is 1. The van der Waals surface area contributed by atoms with E-state index in [4.69, 9.17) is 20.8 Å². The molecule has 0 unspecified atom stereocenters. The monoisotopic (exact) mass is 418 g/mol. The van der Waals surface area contributed by atoms with Gasteiger partial charge in [0.05, 0.1) is 26.5 Å². The van der Waals surface area contributed by atoms with Crippen LogP contribution in [-0.2, 0) is 16.1 Å². The minimum Gasteiger partial charge on any atom is -0.468 e. The molecule has 28 heavy (non-hydrogen) atoms. The maximum Gasteiger partial charge on any atom is 0.341 e. The van der Waals surface area contributed by atoms with Crippen LogP contribution in [-0.4, -0.2) is 37.5 Å². The Morgan fingerprint density at radius 2 is 2.00 bits per heavy atom. The second-order valence-corrected chi connectivity index (χ2v) is 7.41. The number of thiophene rings is 1. The first-order valence-electron chi connectivity index (χ1n) is 8.45. The van der Waals surface area contributed by atoms with Crippen molar-refractivity contribution in [2.24, 2.45) is 0 Å². The van der Waals surface area contributed by atoms with Gasteiger partial charge in [0.15, 0.2) is 0 Å². The number of rotatable bonds is 7. The summed E-state index contributed by atoms with van der Waals surface area (Å²) in [7, 11) is 3.12. The minimum atomic E-state index is -0.532. The molecule has 3 rings (SSSR count). The van der Waals surface area contributed by atoms with Gasteiger partial charge in [-0.25, -0.2) is 4.79 Å². The summed E-state index contributed by atoms with van der Waals surface area (Å²) in [6.45, 7) is 0.639. The molecule has 0 saturated carbocycles. The summed E-state index contributed by atoms with van der Waals surface area (Å²) in [6, 6.07) is 10.9. The van der Waals surface area contributed by atoms with Gasteiger partial charge < -0.3 is 14.5 Å². The Labute approximate surface area is 171 Å². The molecule has 0 spiro atoms. The largest absolute Gasteiger partial charge is 0.468 e. The smallest absolute Gasteiger partial charge is 0.341 e. The lowest BCUT2D eigenvalue weighted by Crippen LogP contribution is -2.29. The van der Waals surface area contributed by atoms with E-state index in [9.17, 15) is 9.59 Å². The maximum atomic E-state index is 12.5. The summed E-state index contributed by atoms with van der Waals surface area (Å²) >= 11 is 7.54. The Kier molecular flexibility index (Phi) is 6.51. The molecule has 3 aromatic rings. The molecule has 0 saturated heterocycles. The highest BCUT2D eigenvalue weighted by atomic mass is 35.5. The number of ether oxygens (including phenoxy) is 1. The maximum absolute atomic E-state index is 12.5. The van der Waals surface area contributed by atoms with Crippen molar-refractivity contribution < 1.29 is 18.7 Å². The van der Waals surface area contributed by atoms with Crippen LogP contribution in [0.5, 0.6) is 0 Å². The van der Waals surface area contributed by atoms with Gasteiger partial charge in [0, 0.05) is 21.5 Å². The van der Waals surface area contributed by atoms with Gasteiger partial charge in [-0.2, -0.15) is 0 Å². The van der Waals surface area contributed by atoms with Crippen molar-refractivity contribution in [1.29, 1.82) is 0 Å². The first-order valence-corrected chi connectivity index (χ1v) is 9.71. The van der Waals surface area contributed by atoms with Gasteiger partial charge in [-0.15, -0.1) is 11.3 Å². The van der Waals surface area contributed by atoms with Crippen LogP contribution in [0.2, 0.25) is 5.02 Å². The highest BCUT2D eigenvalue weighted by Gasteiger charge is 2.23. The molecule has 1 N–H and O–H groups in total. The third kappa shape index (κ3) is 4.62. The van der Waals surface area contributed by atoms with Crippen LogP contribution in [0.1, 0.15) is 16.1 Å². The Morgan fingerprint density at radius 1 is 1.21 bits per heavy atom. The van der Waals surface area contributed by atoms with Gasteiger partial charge in [0.1, 0.15) is 16.3 Å². The number of carbonyl (C=O) groups excluding carboxylic acids is 2. The van der Waals surface area contributed by atoms with Gasteiger partial charge in [-0.05, 0) is 25.2 Å². The van der Waals surface area contributed by atoms with E-state index in [-0.39, 0.29) is 12.5 Å². The number of furan rings is 1. The van der Waals surface area contributed by atoms with Crippen LogP contribution >= 0.6 is 22.9 Å². The second kappa shape index (κ2) is 9.05. The van der Waals surface area contributed by atoms with Crippen LogP contribution in [0.3, 0.4) is 0 Å². The topological polar surface area (TPSA) is 71.8 Å². The number of halogens is 1. The normalized spacial score (nSPS) is 10.9. The zero-order chi connectivity index (χ0) is 20.1. The first kappa shape index (κ1) is 20.1. The second-order valence-electron chi connectivity index (χ2n) is 6.12. The van der Waals surface area contributed by atoms with Crippen molar-refractivity contribution in [3.63, 3.8) is 0 Å². The van der Waals surface area contributed by atoms with Gasteiger partial charge in [-0.3, -0.25) is 9.69 Å². The number of nitrogens with one attached hydrogen (secondary N) is 1. The van der Waals surface area contributed by atoms with Crippen LogP contribution in [0, 0.1) is 0 Å². The molecular weight excluding hydrogens is 400 g/mol. The van der Waals surface area contributed by atoms with Crippen LogP contribution in [0.15, 0.2) is 52.5 Å². The van der Waals surface area contributed by atoms with Crippen molar-refractivity contribution in [2.45, 2.75) is 6.54 Å². The van der Waals surface area contributed by atoms with Crippen molar-refractivity contribution in [3.05, 3.63) is 64.4 Å². The number of nitrogens with zero attached hydrogens (tertiary/aromatic N) is 1. The van der Waals surface area contributed by atoms with E-state index in [1.165, 1.54) is 18.4 Å². The predicted octanol–water partition coefficient (Wildman–Crippen LogP) is 4.52. The predicted molar refractivity (Wildman–Crippen MR) is 110 cm³/mol. The molecule has 0 aliphatic heterocycles. The molecule has 1 aromatic carbocycles. The van der Waals surface area contributed by atoms with E-state index in [1.54, 1.807) is 23.8 Å². The number of amides is 1.